The molecule has 0 radical (unpaired) electrons. The maximum Gasteiger partial charge on any atom is 0.522 e. The van der Waals surface area contributed by atoms with Crippen LogP contribution in [-0.4, -0.2) is 63.8 Å². The van der Waals surface area contributed by atoms with Crippen molar-refractivity contribution >= 4 is 0 Å². The maximum absolute atomic E-state index is 11.6. The van der Waals surface area contributed by atoms with Gasteiger partial charge in [-0.1, -0.05) is 0 Å². The summed E-state index contributed by atoms with van der Waals surface area (Å²) in [5.41, 5.74) is 0. The Bertz CT molecular complexity index is 184. The molecule has 16 heavy (non-hydrogen) atoms. The zero-order valence-electron chi connectivity index (χ0n) is 9.05. The highest BCUT2D eigenvalue weighted by Gasteiger charge is 2.28. The van der Waals surface area contributed by atoms with Crippen LogP contribution in [0.1, 0.15) is 0 Å². The van der Waals surface area contributed by atoms with Crippen molar-refractivity contribution in [2.45, 2.75) is 6.36 Å². The van der Waals surface area contributed by atoms with E-state index in [-0.39, 0.29) is 13.2 Å². The number of nitrogens with one attached hydrogen (secondary N) is 1. The quantitative estimate of drug-likeness (QED) is 0.685. The molecular formula is C9H17F3N2O2. The molecular weight excluding hydrogens is 225 g/mol. The van der Waals surface area contributed by atoms with Gasteiger partial charge in [-0.05, 0) is 0 Å². The molecule has 1 N–H and O–H groups in total. The van der Waals surface area contributed by atoms with Crippen LogP contribution in [0.4, 0.5) is 13.2 Å². The second kappa shape index (κ2) is 7.05. The highest BCUT2D eigenvalue weighted by Crippen LogP contribution is 2.14. The van der Waals surface area contributed by atoms with Crippen LogP contribution in [-0.2, 0) is 9.47 Å². The second-order valence-electron chi connectivity index (χ2n) is 3.50. The van der Waals surface area contributed by atoms with Crippen LogP contribution in [0.3, 0.4) is 0 Å². The van der Waals surface area contributed by atoms with Crippen LogP contribution in [0.5, 0.6) is 0 Å². The van der Waals surface area contributed by atoms with E-state index in [1.807, 2.05) is 0 Å². The summed E-state index contributed by atoms with van der Waals surface area (Å²) >= 11 is 0. The average Bonchev–Trinajstić information content (AvgIpc) is 2.23. The van der Waals surface area contributed by atoms with Gasteiger partial charge in [0.25, 0.3) is 0 Å². The Morgan fingerprint density at radius 2 is 1.88 bits per heavy atom. The Hall–Kier alpha value is -0.370. The molecule has 0 unspecified atom stereocenters. The molecule has 4 nitrogen and oxygen atoms in total. The Labute approximate surface area is 92.7 Å². The van der Waals surface area contributed by atoms with E-state index < -0.39 is 6.36 Å². The topological polar surface area (TPSA) is 33.7 Å². The van der Waals surface area contributed by atoms with Crippen LogP contribution < -0.4 is 5.32 Å². The van der Waals surface area contributed by atoms with Gasteiger partial charge in [-0.15, -0.1) is 13.2 Å². The minimum absolute atomic E-state index is 0.212. The molecule has 1 heterocycles. The van der Waals surface area contributed by atoms with Crippen molar-refractivity contribution in [2.24, 2.45) is 0 Å². The predicted octanol–water partition coefficient (Wildman–Crippen LogP) is 0.445. The molecule has 0 aliphatic carbocycles. The van der Waals surface area contributed by atoms with Crippen LogP contribution in [0, 0.1) is 0 Å². The first-order valence-electron chi connectivity index (χ1n) is 5.29. The summed E-state index contributed by atoms with van der Waals surface area (Å²) < 4.78 is 43.6. The third-order valence-corrected chi connectivity index (χ3v) is 2.25. The molecule has 1 aliphatic heterocycles. The standard InChI is InChI=1S/C9H17F3N2O2/c10-9(11,12)16-6-2-13-1-3-14-4-7-15-8-5-14/h13H,1-8H2. The van der Waals surface area contributed by atoms with Crippen molar-refractivity contribution < 1.29 is 22.6 Å². The van der Waals surface area contributed by atoms with E-state index in [1.165, 1.54) is 0 Å². The van der Waals surface area contributed by atoms with Gasteiger partial charge in [0.2, 0.25) is 0 Å². The fourth-order valence-electron chi connectivity index (χ4n) is 1.43. The predicted molar refractivity (Wildman–Crippen MR) is 52.1 cm³/mol. The van der Waals surface area contributed by atoms with Crippen molar-refractivity contribution in [1.82, 2.24) is 10.2 Å². The molecule has 0 aromatic heterocycles. The van der Waals surface area contributed by atoms with Gasteiger partial charge in [0.1, 0.15) is 0 Å². The molecule has 1 saturated heterocycles. The second-order valence-corrected chi connectivity index (χ2v) is 3.50. The Morgan fingerprint density at radius 3 is 2.50 bits per heavy atom. The van der Waals surface area contributed by atoms with Crippen LogP contribution in [0.15, 0.2) is 0 Å². The van der Waals surface area contributed by atoms with Gasteiger partial charge in [-0.3, -0.25) is 9.64 Å². The smallest absolute Gasteiger partial charge is 0.379 e. The van der Waals surface area contributed by atoms with E-state index in [1.54, 1.807) is 0 Å². The van der Waals surface area contributed by atoms with E-state index in [0.29, 0.717) is 6.54 Å². The number of nitrogens with zero attached hydrogens (tertiary/aromatic N) is 1. The fourth-order valence-corrected chi connectivity index (χ4v) is 1.43. The van der Waals surface area contributed by atoms with Crippen molar-refractivity contribution in [3.05, 3.63) is 0 Å². The number of hydrogen-bond acceptors (Lipinski definition) is 4. The molecule has 0 atom stereocenters. The van der Waals surface area contributed by atoms with Gasteiger partial charge in [0.05, 0.1) is 19.8 Å². The van der Waals surface area contributed by atoms with Gasteiger partial charge in [-0.25, -0.2) is 0 Å². The van der Waals surface area contributed by atoms with Crippen molar-refractivity contribution in [3.63, 3.8) is 0 Å². The summed E-state index contributed by atoms with van der Waals surface area (Å²) in [6.07, 6.45) is -4.52. The van der Waals surface area contributed by atoms with Gasteiger partial charge >= 0.3 is 6.36 Å². The Kier molecular flexibility index (Phi) is 6.04. The molecule has 0 bridgehead atoms. The van der Waals surface area contributed by atoms with E-state index in [9.17, 15) is 13.2 Å². The lowest BCUT2D eigenvalue weighted by Gasteiger charge is -2.26. The first-order valence-corrected chi connectivity index (χ1v) is 5.29. The van der Waals surface area contributed by atoms with Crippen molar-refractivity contribution in [3.8, 4) is 0 Å². The summed E-state index contributed by atoms with van der Waals surface area (Å²) in [5, 5.41) is 2.90. The maximum atomic E-state index is 11.6. The van der Waals surface area contributed by atoms with Crippen LogP contribution >= 0.6 is 0 Å². The highest BCUT2D eigenvalue weighted by molar-refractivity contribution is 4.62. The number of morpholine rings is 1. The SMILES string of the molecule is FC(F)(F)OCCNCCN1CCOCC1. The highest BCUT2D eigenvalue weighted by atomic mass is 19.4. The summed E-state index contributed by atoms with van der Waals surface area (Å²) in [6.45, 7) is 4.61. The number of hydrogen-bond donors (Lipinski definition) is 1. The molecule has 0 aromatic carbocycles. The molecule has 7 heteroatoms. The molecule has 0 aromatic rings. The molecule has 0 saturated carbocycles. The van der Waals surface area contributed by atoms with Gasteiger partial charge < -0.3 is 10.1 Å². The normalized spacial score (nSPS) is 18.9. The lowest BCUT2D eigenvalue weighted by molar-refractivity contribution is -0.323. The van der Waals surface area contributed by atoms with E-state index in [2.05, 4.69) is 15.0 Å². The molecule has 0 amide bonds. The van der Waals surface area contributed by atoms with Gasteiger partial charge in [-0.2, -0.15) is 0 Å². The average molecular weight is 242 g/mol. The fraction of sp³-hybridized carbons (Fsp3) is 1.00. The number of alkyl halides is 3. The van der Waals surface area contributed by atoms with E-state index in [4.69, 9.17) is 4.74 Å². The number of ether oxygens (including phenoxy) is 2. The third-order valence-electron chi connectivity index (χ3n) is 2.25. The zero-order chi connectivity index (χ0) is 11.9. The summed E-state index contributed by atoms with van der Waals surface area (Å²) in [7, 11) is 0. The third kappa shape index (κ3) is 7.00. The summed E-state index contributed by atoms with van der Waals surface area (Å²) in [5.74, 6) is 0. The number of rotatable bonds is 6. The summed E-state index contributed by atoms with van der Waals surface area (Å²) in [6, 6.07) is 0. The minimum Gasteiger partial charge on any atom is -0.379 e. The molecule has 1 rings (SSSR count). The van der Waals surface area contributed by atoms with Crippen LogP contribution in [0.2, 0.25) is 0 Å². The van der Waals surface area contributed by atoms with Gasteiger partial charge in [0.15, 0.2) is 0 Å². The van der Waals surface area contributed by atoms with Crippen LogP contribution in [0.25, 0.3) is 0 Å². The van der Waals surface area contributed by atoms with E-state index >= 15 is 0 Å². The minimum atomic E-state index is -4.52. The Balaban J connectivity index is 1.87. The largest absolute Gasteiger partial charge is 0.522 e. The van der Waals surface area contributed by atoms with E-state index in [0.717, 1.165) is 32.8 Å². The number of halogens is 3. The molecule has 0 spiro atoms. The molecule has 1 fully saturated rings. The lowest BCUT2D eigenvalue weighted by Crippen LogP contribution is -2.40. The first kappa shape index (κ1) is 13.7. The summed E-state index contributed by atoms with van der Waals surface area (Å²) in [4.78, 5) is 2.21. The van der Waals surface area contributed by atoms with Crippen molar-refractivity contribution in [1.29, 1.82) is 0 Å². The molecule has 96 valence electrons. The monoisotopic (exact) mass is 242 g/mol. The lowest BCUT2D eigenvalue weighted by atomic mass is 10.4. The Morgan fingerprint density at radius 1 is 1.19 bits per heavy atom. The van der Waals surface area contributed by atoms with Crippen molar-refractivity contribution in [2.75, 3.05) is 52.5 Å². The zero-order valence-corrected chi connectivity index (χ0v) is 9.05. The van der Waals surface area contributed by atoms with Gasteiger partial charge in [0, 0.05) is 32.7 Å². The molecule has 1 aliphatic rings. The first-order chi connectivity index (χ1) is 7.58.